The van der Waals surface area contributed by atoms with Crippen LogP contribution < -0.4 is 0 Å². The Morgan fingerprint density at radius 2 is 1.81 bits per heavy atom. The van der Waals surface area contributed by atoms with Crippen LogP contribution in [0.4, 0.5) is 0 Å². The van der Waals surface area contributed by atoms with Crippen LogP contribution in [0.2, 0.25) is 0 Å². The quantitative estimate of drug-likeness (QED) is 0.331. The Morgan fingerprint density at radius 1 is 0.962 bits per heavy atom. The van der Waals surface area contributed by atoms with E-state index in [-0.39, 0.29) is 5.41 Å². The molecule has 5 rings (SSSR count). The third-order valence-corrected chi connectivity index (χ3v) is 7.15. The molecule has 0 bridgehead atoms. The zero-order chi connectivity index (χ0) is 17.9. The Bertz CT molecular complexity index is 1230. The molecule has 0 saturated heterocycles. The summed E-state index contributed by atoms with van der Waals surface area (Å²) in [5.74, 6) is 0. The van der Waals surface area contributed by atoms with Crippen molar-refractivity contribution in [1.82, 2.24) is 0 Å². The molecule has 1 aliphatic carbocycles. The standard InChI is InChI=1S/C25H22S/c1-4-5-8-18-13-17-14-21-16(15-22(17)25(18,2)3)11-12-20-19-9-6-7-10-23(19)26-24(20)21/h4-12,14-15H,13H2,1-3H3/b5-4-,18-8+. The lowest BCUT2D eigenvalue weighted by atomic mass is 9.82. The van der Waals surface area contributed by atoms with Crippen LogP contribution in [0, 0.1) is 0 Å². The second-order valence-electron chi connectivity index (χ2n) is 7.79. The third-order valence-electron chi connectivity index (χ3n) is 5.93. The first kappa shape index (κ1) is 15.8. The number of fused-ring (bicyclic) bond motifs is 6. The summed E-state index contributed by atoms with van der Waals surface area (Å²) in [6.45, 7) is 6.80. The fraction of sp³-hybridized carbons (Fsp3) is 0.200. The average Bonchev–Trinajstić information content (AvgIpc) is 3.14. The molecule has 0 atom stereocenters. The predicted molar refractivity (Wildman–Crippen MR) is 116 cm³/mol. The number of benzene rings is 3. The topological polar surface area (TPSA) is 0 Å². The summed E-state index contributed by atoms with van der Waals surface area (Å²) in [5, 5.41) is 5.54. The molecular weight excluding hydrogens is 332 g/mol. The van der Waals surface area contributed by atoms with Crippen molar-refractivity contribution in [3.05, 3.63) is 83.5 Å². The van der Waals surface area contributed by atoms with E-state index in [2.05, 4.69) is 87.5 Å². The van der Waals surface area contributed by atoms with Gasteiger partial charge in [0.05, 0.1) is 0 Å². The maximum atomic E-state index is 2.46. The van der Waals surface area contributed by atoms with Crippen LogP contribution in [0.5, 0.6) is 0 Å². The van der Waals surface area contributed by atoms with Crippen molar-refractivity contribution >= 4 is 42.3 Å². The molecule has 128 valence electrons. The van der Waals surface area contributed by atoms with Gasteiger partial charge in [0, 0.05) is 25.6 Å². The van der Waals surface area contributed by atoms with E-state index in [1.54, 1.807) is 0 Å². The van der Waals surface area contributed by atoms with E-state index in [1.165, 1.54) is 47.6 Å². The van der Waals surface area contributed by atoms with Gasteiger partial charge in [-0.2, -0.15) is 0 Å². The lowest BCUT2D eigenvalue weighted by Crippen LogP contribution is -2.15. The van der Waals surface area contributed by atoms with Crippen LogP contribution in [0.1, 0.15) is 31.9 Å². The molecule has 1 heteroatoms. The number of hydrogen-bond acceptors (Lipinski definition) is 1. The summed E-state index contributed by atoms with van der Waals surface area (Å²) < 4.78 is 2.81. The molecule has 0 aliphatic heterocycles. The molecule has 0 amide bonds. The van der Waals surface area contributed by atoms with Gasteiger partial charge in [0.15, 0.2) is 0 Å². The highest BCUT2D eigenvalue weighted by atomic mass is 32.1. The molecule has 0 radical (unpaired) electrons. The number of thiophene rings is 1. The minimum absolute atomic E-state index is 0.109. The van der Waals surface area contributed by atoms with Gasteiger partial charge >= 0.3 is 0 Å². The summed E-state index contributed by atoms with van der Waals surface area (Å²) in [6, 6.07) is 18.3. The smallest absolute Gasteiger partial charge is 0.0433 e. The Labute approximate surface area is 158 Å². The number of rotatable bonds is 1. The Kier molecular flexibility index (Phi) is 3.39. The summed E-state index contributed by atoms with van der Waals surface area (Å²) in [4.78, 5) is 0. The first-order chi connectivity index (χ1) is 12.6. The largest absolute Gasteiger partial charge is 0.135 e. The first-order valence-electron chi connectivity index (χ1n) is 9.29. The molecule has 26 heavy (non-hydrogen) atoms. The van der Waals surface area contributed by atoms with E-state index in [1.807, 2.05) is 11.3 Å². The second-order valence-corrected chi connectivity index (χ2v) is 8.84. The van der Waals surface area contributed by atoms with Crippen LogP contribution in [-0.4, -0.2) is 0 Å². The molecule has 0 N–H and O–H groups in total. The molecule has 0 fully saturated rings. The van der Waals surface area contributed by atoms with E-state index >= 15 is 0 Å². The maximum Gasteiger partial charge on any atom is 0.0433 e. The molecule has 0 spiro atoms. The van der Waals surface area contributed by atoms with Gasteiger partial charge in [0.2, 0.25) is 0 Å². The Balaban J connectivity index is 1.81. The highest BCUT2D eigenvalue weighted by Gasteiger charge is 2.34. The minimum atomic E-state index is 0.109. The van der Waals surface area contributed by atoms with Crippen molar-refractivity contribution in [2.75, 3.05) is 0 Å². The summed E-state index contributed by atoms with van der Waals surface area (Å²) in [7, 11) is 0. The van der Waals surface area contributed by atoms with E-state index in [0.717, 1.165) is 6.42 Å². The average molecular weight is 355 g/mol. The third kappa shape index (κ3) is 2.13. The van der Waals surface area contributed by atoms with Crippen molar-refractivity contribution in [2.45, 2.75) is 32.6 Å². The molecule has 0 nitrogen and oxygen atoms in total. The van der Waals surface area contributed by atoms with Crippen molar-refractivity contribution in [1.29, 1.82) is 0 Å². The van der Waals surface area contributed by atoms with E-state index in [9.17, 15) is 0 Å². The van der Waals surface area contributed by atoms with Crippen molar-refractivity contribution < 1.29 is 0 Å². The molecule has 1 heterocycles. The molecule has 1 aliphatic rings. The second kappa shape index (κ2) is 5.56. The highest BCUT2D eigenvalue weighted by Crippen LogP contribution is 2.46. The predicted octanol–water partition coefficient (Wildman–Crippen LogP) is 7.54. The van der Waals surface area contributed by atoms with Gasteiger partial charge in [0.25, 0.3) is 0 Å². The van der Waals surface area contributed by atoms with Gasteiger partial charge in [0.1, 0.15) is 0 Å². The first-order valence-corrected chi connectivity index (χ1v) is 10.1. The van der Waals surface area contributed by atoms with Gasteiger partial charge in [-0.05, 0) is 53.4 Å². The van der Waals surface area contributed by atoms with E-state index in [4.69, 9.17) is 0 Å². The zero-order valence-electron chi connectivity index (χ0n) is 15.5. The molecule has 1 aromatic heterocycles. The maximum absolute atomic E-state index is 2.46. The van der Waals surface area contributed by atoms with Gasteiger partial charge in [-0.3, -0.25) is 0 Å². The van der Waals surface area contributed by atoms with Gasteiger partial charge in [-0.15, -0.1) is 11.3 Å². The normalized spacial score (nSPS) is 17.9. The van der Waals surface area contributed by atoms with Crippen LogP contribution in [0.3, 0.4) is 0 Å². The Hall–Kier alpha value is -2.38. The highest BCUT2D eigenvalue weighted by molar-refractivity contribution is 7.26. The van der Waals surface area contributed by atoms with Crippen LogP contribution >= 0.6 is 11.3 Å². The SMILES string of the molecule is C/C=C\C=C1/Cc2cc3c(ccc4c5ccccc5sc34)cc2C1(C)C. The Morgan fingerprint density at radius 3 is 2.65 bits per heavy atom. The molecule has 4 aromatic rings. The van der Waals surface area contributed by atoms with Gasteiger partial charge in [-0.25, -0.2) is 0 Å². The molecule has 0 unspecified atom stereocenters. The van der Waals surface area contributed by atoms with Crippen molar-refractivity contribution in [2.24, 2.45) is 0 Å². The minimum Gasteiger partial charge on any atom is -0.135 e. The molecule has 3 aromatic carbocycles. The summed E-state index contributed by atoms with van der Waals surface area (Å²) in [6.07, 6.45) is 7.65. The van der Waals surface area contributed by atoms with Crippen molar-refractivity contribution in [3.8, 4) is 0 Å². The van der Waals surface area contributed by atoms with Crippen LogP contribution in [-0.2, 0) is 11.8 Å². The van der Waals surface area contributed by atoms with Gasteiger partial charge in [-0.1, -0.05) is 68.0 Å². The molecule has 0 saturated carbocycles. The fourth-order valence-corrected chi connectivity index (χ4v) is 5.64. The van der Waals surface area contributed by atoms with Gasteiger partial charge < -0.3 is 0 Å². The summed E-state index contributed by atoms with van der Waals surface area (Å²) in [5.41, 5.74) is 4.59. The monoisotopic (exact) mass is 354 g/mol. The number of hydrogen-bond donors (Lipinski definition) is 0. The zero-order valence-corrected chi connectivity index (χ0v) is 16.3. The van der Waals surface area contributed by atoms with Crippen LogP contribution in [0.15, 0.2) is 72.3 Å². The lowest BCUT2D eigenvalue weighted by Gasteiger charge is -2.22. The molecular formula is C25H22S. The number of allylic oxidation sites excluding steroid dienone is 4. The van der Waals surface area contributed by atoms with Crippen molar-refractivity contribution in [3.63, 3.8) is 0 Å². The van der Waals surface area contributed by atoms with Crippen LogP contribution in [0.25, 0.3) is 30.9 Å². The van der Waals surface area contributed by atoms with E-state index < -0.39 is 0 Å². The fourth-order valence-electron chi connectivity index (χ4n) is 4.41. The van der Waals surface area contributed by atoms with E-state index in [0.29, 0.717) is 0 Å². The lowest BCUT2D eigenvalue weighted by molar-refractivity contribution is 0.645. The summed E-state index contributed by atoms with van der Waals surface area (Å²) >= 11 is 1.93.